The number of nitrogens with one attached hydrogen (secondary N) is 1. The average Bonchev–Trinajstić information content (AvgIpc) is 2.31. The molecular formula is C13H19FN2O2. The maximum Gasteiger partial charge on any atom is 0.240 e. The molecule has 4 nitrogen and oxygen atoms in total. The predicted molar refractivity (Wildman–Crippen MR) is 68.7 cm³/mol. The fourth-order valence-corrected chi connectivity index (χ4v) is 1.54. The van der Waals surface area contributed by atoms with Crippen molar-refractivity contribution in [1.82, 2.24) is 0 Å². The maximum absolute atomic E-state index is 12.8. The van der Waals surface area contributed by atoms with Gasteiger partial charge in [0.1, 0.15) is 11.9 Å². The minimum atomic E-state index is -0.564. The van der Waals surface area contributed by atoms with Crippen LogP contribution in [0.1, 0.15) is 20.3 Å². The highest BCUT2D eigenvalue weighted by atomic mass is 19.1. The molecule has 1 amide bonds. The Morgan fingerprint density at radius 2 is 2.00 bits per heavy atom. The summed E-state index contributed by atoms with van der Waals surface area (Å²) in [4.78, 5) is 11.4. The minimum absolute atomic E-state index is 0.326. The van der Waals surface area contributed by atoms with Crippen molar-refractivity contribution in [2.75, 3.05) is 12.4 Å². The van der Waals surface area contributed by atoms with Gasteiger partial charge in [0.05, 0.1) is 5.60 Å². The summed E-state index contributed by atoms with van der Waals surface area (Å²) >= 11 is 0. The smallest absolute Gasteiger partial charge is 0.240 e. The third-order valence-corrected chi connectivity index (χ3v) is 2.78. The molecule has 0 heterocycles. The maximum atomic E-state index is 12.8. The van der Waals surface area contributed by atoms with Gasteiger partial charge in [0.15, 0.2) is 0 Å². The molecule has 0 radical (unpaired) electrons. The number of carbonyl (C=O) groups is 1. The highest BCUT2D eigenvalue weighted by Gasteiger charge is 2.26. The summed E-state index contributed by atoms with van der Waals surface area (Å²) in [6.45, 7) is 3.74. The number of carbonyl (C=O) groups excluding carboxylic acids is 1. The Kier molecular flexibility index (Phi) is 4.67. The van der Waals surface area contributed by atoms with Gasteiger partial charge >= 0.3 is 0 Å². The van der Waals surface area contributed by atoms with E-state index in [-0.39, 0.29) is 5.82 Å². The number of halogens is 1. The second kappa shape index (κ2) is 5.82. The number of hydrogen-bond acceptors (Lipinski definition) is 3. The second-order valence-corrected chi connectivity index (χ2v) is 4.77. The molecule has 1 rings (SSSR count). The van der Waals surface area contributed by atoms with Gasteiger partial charge in [0.2, 0.25) is 5.91 Å². The predicted octanol–water partition coefficient (Wildman–Crippen LogP) is 1.91. The van der Waals surface area contributed by atoms with Crippen LogP contribution in [0.4, 0.5) is 10.1 Å². The lowest BCUT2D eigenvalue weighted by Gasteiger charge is -2.28. The van der Waals surface area contributed by atoms with Gasteiger partial charge < -0.3 is 15.8 Å². The van der Waals surface area contributed by atoms with E-state index in [4.69, 9.17) is 10.5 Å². The summed E-state index contributed by atoms with van der Waals surface area (Å²) in [6, 6.07) is 5.20. The molecule has 0 aliphatic rings. The standard InChI is InChI=1S/C13H19FN2O2/c1-13(2,18-3)8-11(12(15)17)16-10-6-4-9(14)5-7-10/h4-7,11,16H,8H2,1-3H3,(H2,15,17). The number of methoxy groups -OCH3 is 1. The molecule has 0 aromatic heterocycles. The van der Waals surface area contributed by atoms with E-state index in [1.165, 1.54) is 12.1 Å². The van der Waals surface area contributed by atoms with Crippen LogP contribution < -0.4 is 11.1 Å². The molecule has 18 heavy (non-hydrogen) atoms. The zero-order chi connectivity index (χ0) is 13.8. The molecule has 1 aromatic carbocycles. The summed E-state index contributed by atoms with van der Waals surface area (Å²) in [5.74, 6) is -0.794. The van der Waals surface area contributed by atoms with E-state index in [1.807, 2.05) is 13.8 Å². The molecule has 1 unspecified atom stereocenters. The van der Waals surface area contributed by atoms with Crippen molar-refractivity contribution < 1.29 is 13.9 Å². The summed E-state index contributed by atoms with van der Waals surface area (Å²) in [5.41, 5.74) is 5.53. The van der Waals surface area contributed by atoms with Crippen LogP contribution in [0.5, 0.6) is 0 Å². The van der Waals surface area contributed by atoms with E-state index in [9.17, 15) is 9.18 Å². The van der Waals surface area contributed by atoms with E-state index < -0.39 is 17.6 Å². The summed E-state index contributed by atoms with van der Waals surface area (Å²) in [5, 5.41) is 2.97. The molecule has 0 aliphatic heterocycles. The number of benzene rings is 1. The quantitative estimate of drug-likeness (QED) is 0.815. The van der Waals surface area contributed by atoms with Crippen molar-refractivity contribution in [2.24, 2.45) is 5.73 Å². The minimum Gasteiger partial charge on any atom is -0.379 e. The molecular weight excluding hydrogens is 235 g/mol. The number of hydrogen-bond donors (Lipinski definition) is 2. The highest BCUT2D eigenvalue weighted by molar-refractivity contribution is 5.83. The Morgan fingerprint density at radius 3 is 2.44 bits per heavy atom. The van der Waals surface area contributed by atoms with Gasteiger partial charge in [-0.05, 0) is 38.1 Å². The van der Waals surface area contributed by atoms with E-state index >= 15 is 0 Å². The Morgan fingerprint density at radius 1 is 1.44 bits per heavy atom. The molecule has 0 spiro atoms. The number of anilines is 1. The van der Waals surface area contributed by atoms with Crippen molar-refractivity contribution in [3.8, 4) is 0 Å². The first-order chi connectivity index (χ1) is 8.34. The molecule has 5 heteroatoms. The van der Waals surface area contributed by atoms with Crippen LogP contribution >= 0.6 is 0 Å². The van der Waals surface area contributed by atoms with Crippen molar-refractivity contribution in [3.05, 3.63) is 30.1 Å². The van der Waals surface area contributed by atoms with Crippen molar-refractivity contribution in [3.63, 3.8) is 0 Å². The normalized spacial score (nSPS) is 13.1. The molecule has 1 aromatic rings. The Balaban J connectivity index is 2.75. The van der Waals surface area contributed by atoms with E-state index in [0.717, 1.165) is 0 Å². The zero-order valence-electron chi connectivity index (χ0n) is 10.9. The van der Waals surface area contributed by atoms with Gasteiger partial charge in [-0.3, -0.25) is 4.79 Å². The molecule has 1 atom stereocenters. The lowest BCUT2D eigenvalue weighted by molar-refractivity contribution is -0.120. The fourth-order valence-electron chi connectivity index (χ4n) is 1.54. The van der Waals surface area contributed by atoms with Crippen LogP contribution in [0, 0.1) is 5.82 Å². The van der Waals surface area contributed by atoms with Crippen molar-refractivity contribution in [1.29, 1.82) is 0 Å². The number of ether oxygens (including phenoxy) is 1. The Hall–Kier alpha value is -1.62. The first-order valence-electron chi connectivity index (χ1n) is 5.70. The van der Waals surface area contributed by atoms with Gasteiger partial charge in [0.25, 0.3) is 0 Å². The van der Waals surface area contributed by atoms with Crippen LogP contribution in [0.3, 0.4) is 0 Å². The molecule has 100 valence electrons. The first kappa shape index (κ1) is 14.4. The Bertz CT molecular complexity index is 404. The average molecular weight is 254 g/mol. The van der Waals surface area contributed by atoms with Crippen molar-refractivity contribution in [2.45, 2.75) is 31.9 Å². The fraction of sp³-hybridized carbons (Fsp3) is 0.462. The molecule has 0 bridgehead atoms. The monoisotopic (exact) mass is 254 g/mol. The summed E-state index contributed by atoms with van der Waals surface area (Å²) in [6.07, 6.45) is 0.427. The topological polar surface area (TPSA) is 64.3 Å². The molecule has 0 saturated carbocycles. The van der Waals surface area contributed by atoms with Gasteiger partial charge in [-0.15, -0.1) is 0 Å². The van der Waals surface area contributed by atoms with Gasteiger partial charge in [-0.25, -0.2) is 4.39 Å². The first-order valence-corrected chi connectivity index (χ1v) is 5.70. The molecule has 3 N–H and O–H groups in total. The number of primary amides is 1. The van der Waals surface area contributed by atoms with Gasteiger partial charge in [-0.2, -0.15) is 0 Å². The second-order valence-electron chi connectivity index (χ2n) is 4.77. The van der Waals surface area contributed by atoms with E-state index in [2.05, 4.69) is 5.32 Å². The third kappa shape index (κ3) is 4.33. The largest absolute Gasteiger partial charge is 0.379 e. The summed E-state index contributed by atoms with van der Waals surface area (Å²) < 4.78 is 18.0. The lowest BCUT2D eigenvalue weighted by Crippen LogP contribution is -2.41. The van der Waals surface area contributed by atoms with Gasteiger partial charge in [-0.1, -0.05) is 0 Å². The zero-order valence-corrected chi connectivity index (χ0v) is 10.9. The SMILES string of the molecule is COC(C)(C)CC(Nc1ccc(F)cc1)C(N)=O. The number of rotatable bonds is 6. The van der Waals surface area contributed by atoms with Crippen LogP contribution in [-0.2, 0) is 9.53 Å². The van der Waals surface area contributed by atoms with E-state index in [0.29, 0.717) is 12.1 Å². The van der Waals surface area contributed by atoms with Crippen LogP contribution in [0.15, 0.2) is 24.3 Å². The van der Waals surface area contributed by atoms with Crippen LogP contribution in [0.2, 0.25) is 0 Å². The van der Waals surface area contributed by atoms with Crippen molar-refractivity contribution >= 4 is 11.6 Å². The lowest BCUT2D eigenvalue weighted by atomic mass is 9.98. The summed E-state index contributed by atoms with van der Waals surface area (Å²) in [7, 11) is 1.58. The van der Waals surface area contributed by atoms with E-state index in [1.54, 1.807) is 19.2 Å². The van der Waals surface area contributed by atoms with Gasteiger partial charge in [0, 0.05) is 19.2 Å². The molecule has 0 fully saturated rings. The highest BCUT2D eigenvalue weighted by Crippen LogP contribution is 2.19. The third-order valence-electron chi connectivity index (χ3n) is 2.78. The Labute approximate surface area is 106 Å². The molecule has 0 saturated heterocycles. The number of nitrogens with two attached hydrogens (primary N) is 1. The van der Waals surface area contributed by atoms with Crippen LogP contribution in [-0.4, -0.2) is 24.7 Å². The number of amides is 1. The van der Waals surface area contributed by atoms with Crippen LogP contribution in [0.25, 0.3) is 0 Å². The molecule has 0 aliphatic carbocycles.